The van der Waals surface area contributed by atoms with Gasteiger partial charge in [0.15, 0.2) is 5.65 Å². The van der Waals surface area contributed by atoms with Crippen molar-refractivity contribution in [2.24, 2.45) is 4.99 Å². The summed E-state index contributed by atoms with van der Waals surface area (Å²) in [6.45, 7) is 3.48. The second-order valence-electron chi connectivity index (χ2n) is 8.06. The van der Waals surface area contributed by atoms with Gasteiger partial charge in [-0.1, -0.05) is 42.8 Å². The molecule has 1 aliphatic rings. The van der Waals surface area contributed by atoms with E-state index in [1.54, 1.807) is 0 Å². The largest absolute Gasteiger partial charge is 0.328 e. The van der Waals surface area contributed by atoms with Crippen molar-refractivity contribution in [1.29, 1.82) is 0 Å². The van der Waals surface area contributed by atoms with Crippen molar-refractivity contribution >= 4 is 17.1 Å². The Balaban J connectivity index is 1.58. The topological polar surface area (TPSA) is 65.1 Å². The number of nitrogens with zero attached hydrogens (tertiary/aromatic N) is 5. The molecule has 6 nitrogen and oxygen atoms in total. The minimum absolute atomic E-state index is 0.281. The Kier molecular flexibility index (Phi) is 5.20. The number of imidazole rings is 1. The molecule has 31 heavy (non-hydrogen) atoms. The average molecular weight is 412 g/mol. The third kappa shape index (κ3) is 3.93. The first kappa shape index (κ1) is 19.4. The van der Waals surface area contributed by atoms with Crippen LogP contribution in [0.4, 0.5) is 0 Å². The number of benzene rings is 1. The van der Waals surface area contributed by atoms with Crippen molar-refractivity contribution in [1.82, 2.24) is 19.1 Å². The van der Waals surface area contributed by atoms with Crippen molar-refractivity contribution in [3.63, 3.8) is 0 Å². The molecule has 0 fully saturated rings. The molecule has 0 saturated carbocycles. The van der Waals surface area contributed by atoms with E-state index in [-0.39, 0.29) is 5.91 Å². The van der Waals surface area contributed by atoms with Crippen LogP contribution in [0, 0.1) is 6.92 Å². The Hall–Kier alpha value is -3.54. The number of aryl methyl sites for hydroxylation is 3. The number of aromatic nitrogens is 4. The summed E-state index contributed by atoms with van der Waals surface area (Å²) >= 11 is 0. The highest BCUT2D eigenvalue weighted by Gasteiger charge is 2.20. The molecule has 1 amide bonds. The van der Waals surface area contributed by atoms with E-state index in [0.29, 0.717) is 23.1 Å². The van der Waals surface area contributed by atoms with Crippen LogP contribution in [0.1, 0.15) is 46.7 Å². The number of hydrogen-bond acceptors (Lipinski definition) is 3. The lowest BCUT2D eigenvalue weighted by Gasteiger charge is -2.08. The Bertz CT molecular complexity index is 1320. The predicted molar refractivity (Wildman–Crippen MR) is 120 cm³/mol. The van der Waals surface area contributed by atoms with Gasteiger partial charge >= 0.3 is 0 Å². The number of carbonyl (C=O) groups excluding carboxylic acids is 1. The Morgan fingerprint density at radius 3 is 2.74 bits per heavy atom. The summed E-state index contributed by atoms with van der Waals surface area (Å²) in [6.07, 6.45) is 6.32. The van der Waals surface area contributed by atoms with Gasteiger partial charge in [0.1, 0.15) is 16.8 Å². The molecule has 0 spiro atoms. The summed E-state index contributed by atoms with van der Waals surface area (Å²) in [5.74, 6) is 0.746. The molecule has 6 heteroatoms. The quantitative estimate of drug-likeness (QED) is 0.511. The fraction of sp³-hybridized carbons (Fsp3) is 0.280. The number of fused-ring (bicyclic) bond motifs is 3. The normalized spacial score (nSPS) is 14.4. The van der Waals surface area contributed by atoms with Crippen LogP contribution in [-0.2, 0) is 19.5 Å². The van der Waals surface area contributed by atoms with Gasteiger partial charge in [-0.05, 0) is 43.5 Å². The van der Waals surface area contributed by atoms with Crippen molar-refractivity contribution in [3.8, 4) is 0 Å². The second kappa shape index (κ2) is 8.30. The van der Waals surface area contributed by atoms with E-state index in [0.717, 1.165) is 48.5 Å². The summed E-state index contributed by atoms with van der Waals surface area (Å²) in [5, 5.41) is 0. The molecule has 1 aliphatic heterocycles. The fourth-order valence-corrected chi connectivity index (χ4v) is 4.23. The van der Waals surface area contributed by atoms with E-state index in [2.05, 4.69) is 21.7 Å². The Morgan fingerprint density at radius 2 is 1.87 bits per heavy atom. The van der Waals surface area contributed by atoms with E-state index < -0.39 is 0 Å². The van der Waals surface area contributed by atoms with Crippen LogP contribution in [-0.4, -0.2) is 25.0 Å². The maximum Gasteiger partial charge on any atom is 0.281 e. The van der Waals surface area contributed by atoms with Gasteiger partial charge in [0.25, 0.3) is 5.91 Å². The first-order valence-electron chi connectivity index (χ1n) is 10.8. The highest BCUT2D eigenvalue weighted by atomic mass is 16.1. The van der Waals surface area contributed by atoms with Crippen molar-refractivity contribution in [2.45, 2.75) is 45.7 Å². The standard InChI is InChI=1S/C25H25N5O/c1-18-16-20(23-24(26-18)30-15-8-3-6-13-22(30)27-23)25(31)28-21-12-7-9-14-29(21)17-19-10-4-2-5-11-19/h2,4-5,7,9-12,14,16H,3,6,8,13,15,17H2,1H3. The molecule has 4 heterocycles. The summed E-state index contributed by atoms with van der Waals surface area (Å²) in [7, 11) is 0. The lowest BCUT2D eigenvalue weighted by molar-refractivity contribution is 0.0998. The van der Waals surface area contributed by atoms with E-state index in [9.17, 15) is 4.79 Å². The molecule has 5 rings (SSSR count). The fourth-order valence-electron chi connectivity index (χ4n) is 4.23. The number of rotatable bonds is 3. The zero-order valence-corrected chi connectivity index (χ0v) is 17.7. The number of carbonyl (C=O) groups is 1. The van der Waals surface area contributed by atoms with E-state index in [1.807, 2.05) is 60.2 Å². The van der Waals surface area contributed by atoms with E-state index >= 15 is 0 Å². The zero-order valence-electron chi connectivity index (χ0n) is 17.7. The van der Waals surface area contributed by atoms with Gasteiger partial charge in [0, 0.05) is 31.4 Å². The van der Waals surface area contributed by atoms with Crippen LogP contribution < -0.4 is 5.49 Å². The molecule has 1 aromatic carbocycles. The molecule has 0 N–H and O–H groups in total. The van der Waals surface area contributed by atoms with Gasteiger partial charge in [-0.15, -0.1) is 0 Å². The lowest BCUT2D eigenvalue weighted by Crippen LogP contribution is -2.22. The van der Waals surface area contributed by atoms with Gasteiger partial charge in [-0.2, -0.15) is 4.99 Å². The number of pyridine rings is 2. The lowest BCUT2D eigenvalue weighted by atomic mass is 10.2. The Labute approximate surface area is 180 Å². The van der Waals surface area contributed by atoms with Gasteiger partial charge in [0.2, 0.25) is 0 Å². The van der Waals surface area contributed by atoms with Gasteiger partial charge in [0.05, 0.1) is 5.56 Å². The van der Waals surface area contributed by atoms with Crippen molar-refractivity contribution in [3.05, 3.63) is 88.9 Å². The SMILES string of the molecule is Cc1cc(C(=O)N=c2ccccn2Cc2ccccc2)c2nc3n(c2n1)CCCCC3. The minimum Gasteiger partial charge on any atom is -0.328 e. The minimum atomic E-state index is -0.281. The predicted octanol–water partition coefficient (Wildman–Crippen LogP) is 4.06. The second-order valence-corrected chi connectivity index (χ2v) is 8.06. The molecule has 0 atom stereocenters. The summed E-state index contributed by atoms with van der Waals surface area (Å²) in [6, 6.07) is 17.7. The van der Waals surface area contributed by atoms with E-state index in [1.165, 1.54) is 6.42 Å². The van der Waals surface area contributed by atoms with Gasteiger partial charge in [-0.3, -0.25) is 4.79 Å². The van der Waals surface area contributed by atoms with Crippen LogP contribution >= 0.6 is 0 Å². The first-order valence-corrected chi connectivity index (χ1v) is 10.8. The molecule has 0 unspecified atom stereocenters. The first-order chi connectivity index (χ1) is 15.2. The number of amides is 1. The smallest absolute Gasteiger partial charge is 0.281 e. The Morgan fingerprint density at radius 1 is 1.03 bits per heavy atom. The molecule has 0 bridgehead atoms. The van der Waals surface area contributed by atoms with Crippen LogP contribution in [0.3, 0.4) is 0 Å². The molecule has 3 aromatic heterocycles. The van der Waals surface area contributed by atoms with Crippen molar-refractivity contribution < 1.29 is 4.79 Å². The van der Waals surface area contributed by atoms with Crippen molar-refractivity contribution in [2.75, 3.05) is 0 Å². The number of hydrogen-bond donors (Lipinski definition) is 0. The summed E-state index contributed by atoms with van der Waals surface area (Å²) in [5.41, 5.74) is 4.59. The molecule has 156 valence electrons. The van der Waals surface area contributed by atoms with E-state index in [4.69, 9.17) is 9.97 Å². The van der Waals surface area contributed by atoms with Gasteiger partial charge in [-0.25, -0.2) is 9.97 Å². The van der Waals surface area contributed by atoms with Crippen LogP contribution in [0.2, 0.25) is 0 Å². The molecular weight excluding hydrogens is 386 g/mol. The van der Waals surface area contributed by atoms with Crippen LogP contribution in [0.5, 0.6) is 0 Å². The monoisotopic (exact) mass is 411 g/mol. The summed E-state index contributed by atoms with van der Waals surface area (Å²) in [4.78, 5) is 27.3. The molecule has 0 aliphatic carbocycles. The highest BCUT2D eigenvalue weighted by molar-refractivity contribution is 6.04. The zero-order chi connectivity index (χ0) is 21.2. The van der Waals surface area contributed by atoms with Crippen LogP contribution in [0.25, 0.3) is 11.2 Å². The maximum absolute atomic E-state index is 13.3. The van der Waals surface area contributed by atoms with Gasteiger partial charge < -0.3 is 9.13 Å². The highest BCUT2D eigenvalue weighted by Crippen LogP contribution is 2.24. The molecule has 4 aromatic rings. The third-order valence-corrected chi connectivity index (χ3v) is 5.75. The third-order valence-electron chi connectivity index (χ3n) is 5.75. The molecular formula is C25H25N5O. The maximum atomic E-state index is 13.3. The molecule has 0 saturated heterocycles. The average Bonchev–Trinajstić information content (AvgIpc) is 2.96. The molecule has 0 radical (unpaired) electrons. The van der Waals surface area contributed by atoms with Crippen LogP contribution in [0.15, 0.2) is 65.8 Å². The summed E-state index contributed by atoms with van der Waals surface area (Å²) < 4.78 is 4.17.